The number of fused-ring (bicyclic) bond motifs is 2. The highest BCUT2D eigenvalue weighted by molar-refractivity contribution is 7.16. The van der Waals surface area contributed by atoms with Crippen LogP contribution in [0.5, 0.6) is 0 Å². The van der Waals surface area contributed by atoms with Crippen LogP contribution in [0.3, 0.4) is 0 Å². The van der Waals surface area contributed by atoms with Crippen molar-refractivity contribution in [3.05, 3.63) is 69.9 Å². The average molecular weight is 524 g/mol. The molecule has 0 spiro atoms. The molecule has 1 amide bonds. The summed E-state index contributed by atoms with van der Waals surface area (Å²) in [6.45, 7) is 6.58. The number of thiophene rings is 1. The van der Waals surface area contributed by atoms with Crippen LogP contribution in [0.1, 0.15) is 59.4 Å². The summed E-state index contributed by atoms with van der Waals surface area (Å²) in [7, 11) is 0. The van der Waals surface area contributed by atoms with Gasteiger partial charge in [-0.25, -0.2) is 9.50 Å². The van der Waals surface area contributed by atoms with Gasteiger partial charge in [-0.1, -0.05) is 51.1 Å². The van der Waals surface area contributed by atoms with Crippen molar-refractivity contribution in [3.8, 4) is 17.3 Å². The molecule has 0 saturated carbocycles. The summed E-state index contributed by atoms with van der Waals surface area (Å²) in [6.07, 6.45) is -2.18. The largest absolute Gasteiger partial charge is 0.433 e. The fraction of sp³-hybridized carbons (Fsp3) is 0.333. The molecule has 0 fully saturated rings. The predicted octanol–water partition coefficient (Wildman–Crippen LogP) is 6.75. The molecule has 3 aromatic heterocycles. The number of benzene rings is 1. The molecule has 1 N–H and O–H groups in total. The number of amides is 1. The van der Waals surface area contributed by atoms with Crippen LogP contribution in [-0.4, -0.2) is 20.5 Å². The van der Waals surface area contributed by atoms with Gasteiger partial charge >= 0.3 is 6.18 Å². The molecule has 37 heavy (non-hydrogen) atoms. The Bertz CT molecular complexity index is 1540. The number of halogens is 3. The topological polar surface area (TPSA) is 83.1 Å². The summed E-state index contributed by atoms with van der Waals surface area (Å²) in [6, 6.07) is 12.9. The predicted molar refractivity (Wildman–Crippen MR) is 135 cm³/mol. The third-order valence-corrected chi connectivity index (χ3v) is 8.02. The Morgan fingerprint density at radius 1 is 1.19 bits per heavy atom. The van der Waals surface area contributed by atoms with E-state index in [2.05, 4.69) is 42.2 Å². The summed E-state index contributed by atoms with van der Waals surface area (Å²) in [5.74, 6) is -0.236. The molecule has 1 aliphatic rings. The van der Waals surface area contributed by atoms with Crippen molar-refractivity contribution in [2.24, 2.45) is 11.3 Å². The van der Waals surface area contributed by atoms with E-state index in [1.165, 1.54) is 17.4 Å². The molecule has 0 radical (unpaired) electrons. The smallest absolute Gasteiger partial charge is 0.311 e. The normalized spacial score (nSPS) is 15.9. The number of rotatable bonds is 3. The van der Waals surface area contributed by atoms with E-state index >= 15 is 0 Å². The van der Waals surface area contributed by atoms with Crippen LogP contribution < -0.4 is 5.32 Å². The average Bonchev–Trinajstić information content (AvgIpc) is 3.43. The standard InChI is InChI=1S/C27H24F3N5OS/c1-26(2,3)16-9-10-17-18(14-31)25(37-21(17)11-16)33-24(36)20-13-23-32-19(15-7-5-4-6-8-15)12-22(27(28,29)30)35(23)34-20/h4-8,12-13,16H,9-11H2,1-3H3,(H,33,36)/t16-/m0/s1. The molecule has 0 aliphatic heterocycles. The number of anilines is 1. The van der Waals surface area contributed by atoms with E-state index < -0.39 is 17.8 Å². The highest BCUT2D eigenvalue weighted by Crippen LogP contribution is 2.44. The van der Waals surface area contributed by atoms with E-state index in [4.69, 9.17) is 0 Å². The van der Waals surface area contributed by atoms with Crippen LogP contribution in [-0.2, 0) is 19.0 Å². The first-order valence-corrected chi connectivity index (χ1v) is 12.7. The van der Waals surface area contributed by atoms with Gasteiger partial charge in [0.05, 0.1) is 11.3 Å². The third-order valence-electron chi connectivity index (χ3n) is 6.85. The molecule has 5 rings (SSSR count). The van der Waals surface area contributed by atoms with Gasteiger partial charge in [0.2, 0.25) is 0 Å². The molecular weight excluding hydrogens is 499 g/mol. The van der Waals surface area contributed by atoms with Crippen molar-refractivity contribution < 1.29 is 18.0 Å². The van der Waals surface area contributed by atoms with Crippen molar-refractivity contribution in [2.75, 3.05) is 5.32 Å². The van der Waals surface area contributed by atoms with Crippen LogP contribution in [0.2, 0.25) is 0 Å². The molecule has 6 nitrogen and oxygen atoms in total. The zero-order valence-corrected chi connectivity index (χ0v) is 21.3. The molecule has 0 saturated heterocycles. The summed E-state index contributed by atoms with van der Waals surface area (Å²) in [4.78, 5) is 18.5. The van der Waals surface area contributed by atoms with E-state index in [1.54, 1.807) is 30.3 Å². The molecule has 1 atom stereocenters. The van der Waals surface area contributed by atoms with Gasteiger partial charge < -0.3 is 5.32 Å². The van der Waals surface area contributed by atoms with E-state index in [1.807, 2.05) is 0 Å². The maximum atomic E-state index is 13.9. The molecule has 0 bridgehead atoms. The van der Waals surface area contributed by atoms with E-state index in [0.29, 0.717) is 26.6 Å². The second kappa shape index (κ2) is 8.99. The molecule has 1 aromatic carbocycles. The van der Waals surface area contributed by atoms with Gasteiger partial charge in [-0.05, 0) is 42.2 Å². The van der Waals surface area contributed by atoms with Gasteiger partial charge in [0, 0.05) is 16.5 Å². The molecular formula is C27H24F3N5OS. The number of carbonyl (C=O) groups excluding carboxylic acids is 1. The first-order chi connectivity index (χ1) is 17.5. The first-order valence-electron chi connectivity index (χ1n) is 11.8. The Balaban J connectivity index is 1.50. The maximum absolute atomic E-state index is 13.9. The molecule has 10 heteroatoms. The summed E-state index contributed by atoms with van der Waals surface area (Å²) >= 11 is 1.36. The highest BCUT2D eigenvalue weighted by Gasteiger charge is 2.36. The Labute approximate surface area is 215 Å². The monoisotopic (exact) mass is 523 g/mol. The van der Waals surface area contributed by atoms with Gasteiger partial charge in [-0.2, -0.15) is 23.5 Å². The number of nitrogens with one attached hydrogen (secondary N) is 1. The van der Waals surface area contributed by atoms with Crippen LogP contribution >= 0.6 is 11.3 Å². The van der Waals surface area contributed by atoms with Crippen LogP contribution in [0.25, 0.3) is 16.9 Å². The van der Waals surface area contributed by atoms with Crippen molar-refractivity contribution in [3.63, 3.8) is 0 Å². The van der Waals surface area contributed by atoms with Gasteiger partial charge in [0.25, 0.3) is 5.91 Å². The second-order valence-electron chi connectivity index (χ2n) is 10.3. The molecule has 0 unspecified atom stereocenters. The zero-order chi connectivity index (χ0) is 26.5. The Morgan fingerprint density at radius 2 is 1.92 bits per heavy atom. The number of aromatic nitrogens is 3. The number of alkyl halides is 3. The first kappa shape index (κ1) is 25.0. The molecule has 4 aromatic rings. The van der Waals surface area contributed by atoms with Crippen molar-refractivity contribution in [1.82, 2.24) is 14.6 Å². The fourth-order valence-electron chi connectivity index (χ4n) is 4.74. The lowest BCUT2D eigenvalue weighted by Gasteiger charge is -2.33. The minimum Gasteiger partial charge on any atom is -0.311 e. The van der Waals surface area contributed by atoms with Gasteiger partial charge in [0.15, 0.2) is 17.0 Å². The van der Waals surface area contributed by atoms with Gasteiger partial charge in [0.1, 0.15) is 11.1 Å². The Morgan fingerprint density at radius 3 is 2.57 bits per heavy atom. The summed E-state index contributed by atoms with van der Waals surface area (Å²) < 4.78 is 42.3. The second-order valence-corrected chi connectivity index (χ2v) is 11.4. The van der Waals surface area contributed by atoms with Crippen LogP contribution in [0.15, 0.2) is 42.5 Å². The molecule has 3 heterocycles. The minimum atomic E-state index is -4.71. The molecule has 190 valence electrons. The van der Waals surface area contributed by atoms with Gasteiger partial charge in [-0.15, -0.1) is 11.3 Å². The highest BCUT2D eigenvalue weighted by atomic mass is 32.1. The lowest BCUT2D eigenvalue weighted by molar-refractivity contribution is -0.142. The number of carbonyl (C=O) groups is 1. The number of hydrogen-bond acceptors (Lipinski definition) is 5. The third kappa shape index (κ3) is 4.71. The Kier molecular flexibility index (Phi) is 6.07. The lowest BCUT2D eigenvalue weighted by atomic mass is 9.72. The quantitative estimate of drug-likeness (QED) is 0.322. The summed E-state index contributed by atoms with van der Waals surface area (Å²) in [5, 5.41) is 16.9. The minimum absolute atomic E-state index is 0.0992. The van der Waals surface area contributed by atoms with Crippen molar-refractivity contribution >= 4 is 27.9 Å². The lowest BCUT2D eigenvalue weighted by Crippen LogP contribution is -2.26. The van der Waals surface area contributed by atoms with Gasteiger partial charge in [-0.3, -0.25) is 4.79 Å². The Hall–Kier alpha value is -3.71. The zero-order valence-electron chi connectivity index (χ0n) is 20.5. The SMILES string of the molecule is CC(C)(C)[C@H]1CCc2c(sc(NC(=O)c3cc4nc(-c5ccccc5)cc(C(F)(F)F)n4n3)c2C#N)C1. The molecule has 1 aliphatic carbocycles. The van der Waals surface area contributed by atoms with Crippen molar-refractivity contribution in [1.29, 1.82) is 5.26 Å². The van der Waals surface area contributed by atoms with Crippen LogP contribution in [0.4, 0.5) is 18.2 Å². The number of nitrogens with zero attached hydrogens (tertiary/aromatic N) is 4. The van der Waals surface area contributed by atoms with Crippen molar-refractivity contribution in [2.45, 2.75) is 46.2 Å². The van der Waals surface area contributed by atoms with E-state index in [9.17, 15) is 23.2 Å². The van der Waals surface area contributed by atoms with Crippen LogP contribution in [0, 0.1) is 22.7 Å². The number of nitriles is 1. The summed E-state index contributed by atoms with van der Waals surface area (Å²) in [5.41, 5.74) is 0.780. The van der Waals surface area contributed by atoms with E-state index in [-0.39, 0.29) is 22.5 Å². The van der Waals surface area contributed by atoms with E-state index in [0.717, 1.165) is 35.8 Å². The number of hydrogen-bond donors (Lipinski definition) is 1. The maximum Gasteiger partial charge on any atom is 0.433 e. The fourth-order valence-corrected chi connectivity index (χ4v) is 6.02.